The summed E-state index contributed by atoms with van der Waals surface area (Å²) in [6, 6.07) is 2.76. The number of carboxylic acids is 1. The molecule has 1 saturated heterocycles. The van der Waals surface area contributed by atoms with Crippen molar-refractivity contribution in [3.8, 4) is 0 Å². The van der Waals surface area contributed by atoms with E-state index in [2.05, 4.69) is 0 Å². The van der Waals surface area contributed by atoms with Crippen LogP contribution >= 0.6 is 0 Å². The Kier molecular flexibility index (Phi) is 3.63. The third-order valence-corrected chi connectivity index (χ3v) is 4.02. The van der Waals surface area contributed by atoms with Crippen LogP contribution < -0.4 is 0 Å². The maximum atomic E-state index is 11.9. The number of hydrogen-bond donors (Lipinski definition) is 1. The highest BCUT2D eigenvalue weighted by Gasteiger charge is 2.25. The van der Waals surface area contributed by atoms with Crippen molar-refractivity contribution in [1.82, 2.24) is 0 Å². The SMILES string of the molecule is CC1CCC(CS(=O)c2ccc(C(=O)O)o2)O1. The molecule has 3 atom stereocenters. The van der Waals surface area contributed by atoms with Gasteiger partial charge in [0.15, 0.2) is 5.09 Å². The van der Waals surface area contributed by atoms with Crippen LogP contribution in [0.2, 0.25) is 0 Å². The highest BCUT2D eigenvalue weighted by Crippen LogP contribution is 2.22. The van der Waals surface area contributed by atoms with Gasteiger partial charge in [-0.25, -0.2) is 4.79 Å². The minimum Gasteiger partial charge on any atom is -0.475 e. The van der Waals surface area contributed by atoms with Crippen LogP contribution in [0.15, 0.2) is 21.6 Å². The van der Waals surface area contributed by atoms with Crippen molar-refractivity contribution in [3.05, 3.63) is 17.9 Å². The molecule has 1 aromatic rings. The van der Waals surface area contributed by atoms with E-state index in [-0.39, 0.29) is 23.1 Å². The second-order valence-corrected chi connectivity index (χ2v) is 5.51. The Bertz CT molecular complexity index is 439. The number of aromatic carboxylic acids is 1. The van der Waals surface area contributed by atoms with Gasteiger partial charge < -0.3 is 14.3 Å². The van der Waals surface area contributed by atoms with Gasteiger partial charge in [-0.05, 0) is 31.9 Å². The Labute approximate surface area is 101 Å². The third-order valence-electron chi connectivity index (χ3n) is 2.67. The summed E-state index contributed by atoms with van der Waals surface area (Å²) in [6.45, 7) is 1.98. The fourth-order valence-corrected chi connectivity index (χ4v) is 2.97. The summed E-state index contributed by atoms with van der Waals surface area (Å²) in [5.41, 5.74) is 0. The van der Waals surface area contributed by atoms with Crippen LogP contribution in [0.3, 0.4) is 0 Å². The molecule has 0 bridgehead atoms. The Balaban J connectivity index is 1.97. The molecule has 0 spiro atoms. The Morgan fingerprint density at radius 1 is 1.53 bits per heavy atom. The first-order valence-electron chi connectivity index (χ1n) is 5.43. The second kappa shape index (κ2) is 5.01. The number of hydrogen-bond acceptors (Lipinski definition) is 4. The van der Waals surface area contributed by atoms with Crippen LogP contribution in [0.4, 0.5) is 0 Å². The maximum absolute atomic E-state index is 11.9. The smallest absolute Gasteiger partial charge is 0.371 e. The average molecular weight is 258 g/mol. The lowest BCUT2D eigenvalue weighted by molar-refractivity contribution is 0.0656. The average Bonchev–Trinajstić information content (AvgIpc) is 2.86. The Morgan fingerprint density at radius 2 is 2.29 bits per heavy atom. The zero-order chi connectivity index (χ0) is 12.4. The largest absolute Gasteiger partial charge is 0.475 e. The number of furan rings is 1. The monoisotopic (exact) mass is 258 g/mol. The molecule has 1 aromatic heterocycles. The highest BCUT2D eigenvalue weighted by molar-refractivity contribution is 7.84. The van der Waals surface area contributed by atoms with Crippen molar-refractivity contribution < 1.29 is 23.3 Å². The van der Waals surface area contributed by atoms with E-state index in [9.17, 15) is 9.00 Å². The van der Waals surface area contributed by atoms with Gasteiger partial charge in [0.05, 0.1) is 28.8 Å². The zero-order valence-electron chi connectivity index (χ0n) is 9.42. The molecule has 3 unspecified atom stereocenters. The van der Waals surface area contributed by atoms with Gasteiger partial charge in [-0.2, -0.15) is 0 Å². The fraction of sp³-hybridized carbons (Fsp3) is 0.545. The molecule has 0 aliphatic carbocycles. The lowest BCUT2D eigenvalue weighted by Crippen LogP contribution is -2.17. The molecule has 0 radical (unpaired) electrons. The van der Waals surface area contributed by atoms with Crippen molar-refractivity contribution in [1.29, 1.82) is 0 Å². The van der Waals surface area contributed by atoms with Gasteiger partial charge in [-0.3, -0.25) is 4.21 Å². The summed E-state index contributed by atoms with van der Waals surface area (Å²) in [6.07, 6.45) is 2.05. The van der Waals surface area contributed by atoms with Gasteiger partial charge in [0, 0.05) is 0 Å². The summed E-state index contributed by atoms with van der Waals surface area (Å²) in [4.78, 5) is 10.6. The molecule has 5 nitrogen and oxygen atoms in total. The minimum absolute atomic E-state index is 0.0239. The predicted molar refractivity (Wildman–Crippen MR) is 60.5 cm³/mol. The van der Waals surface area contributed by atoms with E-state index in [4.69, 9.17) is 14.3 Å². The normalized spacial score (nSPS) is 25.9. The number of rotatable bonds is 4. The van der Waals surface area contributed by atoms with E-state index in [1.54, 1.807) is 0 Å². The van der Waals surface area contributed by atoms with Crippen molar-refractivity contribution >= 4 is 16.8 Å². The van der Waals surface area contributed by atoms with Gasteiger partial charge in [-0.15, -0.1) is 0 Å². The topological polar surface area (TPSA) is 76.7 Å². The molecule has 1 fully saturated rings. The molecule has 0 saturated carbocycles. The summed E-state index contributed by atoms with van der Waals surface area (Å²) in [7, 11) is -1.34. The lowest BCUT2D eigenvalue weighted by Gasteiger charge is -2.09. The van der Waals surface area contributed by atoms with Gasteiger partial charge >= 0.3 is 5.97 Å². The maximum Gasteiger partial charge on any atom is 0.371 e. The van der Waals surface area contributed by atoms with Crippen LogP contribution in [0.25, 0.3) is 0 Å². The summed E-state index contributed by atoms with van der Waals surface area (Å²) in [5.74, 6) is -0.982. The van der Waals surface area contributed by atoms with E-state index in [1.165, 1.54) is 12.1 Å². The van der Waals surface area contributed by atoms with Gasteiger partial charge in [0.2, 0.25) is 5.76 Å². The van der Waals surface area contributed by atoms with Crippen LogP contribution in [0, 0.1) is 0 Å². The first-order chi connectivity index (χ1) is 8.06. The molecule has 2 heterocycles. The summed E-state index contributed by atoms with van der Waals surface area (Å²) >= 11 is 0. The van der Waals surface area contributed by atoms with Crippen LogP contribution in [-0.4, -0.2) is 33.2 Å². The van der Waals surface area contributed by atoms with Gasteiger partial charge in [-0.1, -0.05) is 0 Å². The Hall–Kier alpha value is -1.14. The van der Waals surface area contributed by atoms with E-state index in [1.807, 2.05) is 6.92 Å². The fourth-order valence-electron chi connectivity index (χ4n) is 1.82. The minimum atomic E-state index is -1.34. The molecule has 94 valence electrons. The zero-order valence-corrected chi connectivity index (χ0v) is 10.2. The van der Waals surface area contributed by atoms with E-state index in [0.29, 0.717) is 5.75 Å². The van der Waals surface area contributed by atoms with Gasteiger partial charge in [0.25, 0.3) is 0 Å². The Morgan fingerprint density at radius 3 is 2.82 bits per heavy atom. The standard InChI is InChI=1S/C11H14O5S/c1-7-2-3-8(15-7)6-17(14)10-5-4-9(16-10)11(12)13/h4-5,7-8H,2-3,6H2,1H3,(H,12,13). The molecule has 6 heteroatoms. The third kappa shape index (κ3) is 2.95. The first-order valence-corrected chi connectivity index (χ1v) is 6.75. The van der Waals surface area contributed by atoms with Crippen LogP contribution in [-0.2, 0) is 15.5 Å². The number of carbonyl (C=O) groups is 1. The highest BCUT2D eigenvalue weighted by atomic mass is 32.2. The molecule has 2 rings (SSSR count). The molecular weight excluding hydrogens is 244 g/mol. The summed E-state index contributed by atoms with van der Waals surface area (Å²) < 4.78 is 22.4. The molecule has 0 amide bonds. The van der Waals surface area contributed by atoms with Crippen molar-refractivity contribution in [2.75, 3.05) is 5.75 Å². The predicted octanol–water partition coefficient (Wildman–Crippen LogP) is 1.65. The number of ether oxygens (including phenoxy) is 1. The first kappa shape index (κ1) is 12.3. The van der Waals surface area contributed by atoms with E-state index < -0.39 is 16.8 Å². The van der Waals surface area contributed by atoms with Crippen LogP contribution in [0.1, 0.15) is 30.3 Å². The molecule has 17 heavy (non-hydrogen) atoms. The quantitative estimate of drug-likeness (QED) is 0.888. The van der Waals surface area contributed by atoms with E-state index in [0.717, 1.165) is 12.8 Å². The van der Waals surface area contributed by atoms with E-state index >= 15 is 0 Å². The molecule has 1 aliphatic heterocycles. The molecular formula is C11H14O5S. The molecule has 0 aromatic carbocycles. The van der Waals surface area contributed by atoms with Crippen LogP contribution in [0.5, 0.6) is 0 Å². The summed E-state index contributed by atoms with van der Waals surface area (Å²) in [5, 5.41) is 8.88. The lowest BCUT2D eigenvalue weighted by atomic mass is 10.2. The number of carboxylic acid groups (broad SMARTS) is 1. The molecule has 1 aliphatic rings. The van der Waals surface area contributed by atoms with Crippen molar-refractivity contribution in [2.45, 2.75) is 37.1 Å². The molecule has 1 N–H and O–H groups in total. The van der Waals surface area contributed by atoms with Crippen molar-refractivity contribution in [2.24, 2.45) is 0 Å². The second-order valence-electron chi connectivity index (χ2n) is 4.08. The van der Waals surface area contributed by atoms with Crippen molar-refractivity contribution in [3.63, 3.8) is 0 Å². The van der Waals surface area contributed by atoms with Gasteiger partial charge in [0.1, 0.15) is 0 Å².